The summed E-state index contributed by atoms with van der Waals surface area (Å²) in [5, 5.41) is 8.40. The molecule has 1 aliphatic heterocycles. The maximum Gasteiger partial charge on any atom is 0.307 e. The molecule has 0 aromatic rings. The van der Waals surface area contributed by atoms with E-state index in [2.05, 4.69) is 0 Å². The third-order valence-corrected chi connectivity index (χ3v) is 1.62. The number of carboxylic acid groups (broad SMARTS) is 1. The van der Waals surface area contributed by atoms with Gasteiger partial charge < -0.3 is 9.84 Å². The van der Waals surface area contributed by atoms with Crippen molar-refractivity contribution in [3.05, 3.63) is 11.8 Å². The van der Waals surface area contributed by atoms with Gasteiger partial charge in [-0.1, -0.05) is 6.92 Å². The summed E-state index contributed by atoms with van der Waals surface area (Å²) < 4.78 is 5.06. The highest BCUT2D eigenvalue weighted by Gasteiger charge is 2.27. The van der Waals surface area contributed by atoms with Crippen molar-refractivity contribution in [2.45, 2.75) is 25.9 Å². The van der Waals surface area contributed by atoms with Gasteiger partial charge in [-0.3, -0.25) is 9.59 Å². The van der Waals surface area contributed by atoms with Crippen LogP contribution in [0.25, 0.3) is 0 Å². The first-order valence-electron chi connectivity index (χ1n) is 3.76. The minimum absolute atomic E-state index is 0.241. The van der Waals surface area contributed by atoms with Gasteiger partial charge in [-0.05, 0) is 0 Å². The molecule has 0 spiro atoms. The molecule has 12 heavy (non-hydrogen) atoms. The average Bonchev–Trinajstić information content (AvgIpc) is 2.31. The summed E-state index contributed by atoms with van der Waals surface area (Å²) in [6, 6.07) is 0. The van der Waals surface area contributed by atoms with E-state index in [1.807, 2.05) is 6.92 Å². The third kappa shape index (κ3) is 1.84. The zero-order valence-corrected chi connectivity index (χ0v) is 6.74. The van der Waals surface area contributed by atoms with Crippen LogP contribution in [-0.4, -0.2) is 23.0 Å². The first kappa shape index (κ1) is 8.77. The smallest absolute Gasteiger partial charge is 0.307 e. The van der Waals surface area contributed by atoms with E-state index in [0.29, 0.717) is 12.2 Å². The second-order valence-electron chi connectivity index (χ2n) is 2.57. The van der Waals surface area contributed by atoms with E-state index in [0.717, 1.165) is 0 Å². The monoisotopic (exact) mass is 170 g/mol. The number of carbonyl (C=O) groups is 2. The predicted octanol–water partition coefficient (Wildman–Crippen LogP) is 0.723. The Balaban J connectivity index is 2.53. The summed E-state index contributed by atoms with van der Waals surface area (Å²) in [4.78, 5) is 21.3. The van der Waals surface area contributed by atoms with Crippen LogP contribution in [0.15, 0.2) is 11.8 Å². The maximum absolute atomic E-state index is 11.0. The quantitative estimate of drug-likeness (QED) is 0.677. The Morgan fingerprint density at radius 2 is 2.42 bits per heavy atom. The molecule has 0 radical (unpaired) electrons. The molecule has 1 atom stereocenters. The van der Waals surface area contributed by atoms with Crippen molar-refractivity contribution in [3.63, 3.8) is 0 Å². The summed E-state index contributed by atoms with van der Waals surface area (Å²) >= 11 is 0. The number of hydrogen-bond acceptors (Lipinski definition) is 3. The Bertz CT molecular complexity index is 241. The third-order valence-electron chi connectivity index (χ3n) is 1.62. The fraction of sp³-hybridized carbons (Fsp3) is 0.500. The number of hydrogen-bond donors (Lipinski definition) is 1. The normalized spacial score (nSPS) is 21.9. The molecule has 0 bridgehead atoms. The standard InChI is InChI=1S/C8H10O4/c1-2-5-3-6(9)7(12-5)4-8(10)11/h3,7H,2,4H2,1H3,(H,10,11). The molecule has 0 aliphatic carbocycles. The molecule has 1 rings (SSSR count). The molecule has 0 aromatic heterocycles. The molecule has 1 heterocycles. The second-order valence-corrected chi connectivity index (χ2v) is 2.57. The van der Waals surface area contributed by atoms with Crippen molar-refractivity contribution in [2.75, 3.05) is 0 Å². The van der Waals surface area contributed by atoms with Crippen LogP contribution in [0, 0.1) is 0 Å². The lowest BCUT2D eigenvalue weighted by atomic mass is 10.2. The van der Waals surface area contributed by atoms with E-state index < -0.39 is 12.1 Å². The van der Waals surface area contributed by atoms with Crippen LogP contribution in [0.2, 0.25) is 0 Å². The average molecular weight is 170 g/mol. The molecule has 1 aliphatic rings. The van der Waals surface area contributed by atoms with E-state index in [1.165, 1.54) is 6.08 Å². The van der Waals surface area contributed by atoms with E-state index >= 15 is 0 Å². The number of allylic oxidation sites excluding steroid dienone is 1. The molecular formula is C8H10O4. The lowest BCUT2D eigenvalue weighted by Gasteiger charge is -2.07. The van der Waals surface area contributed by atoms with E-state index in [-0.39, 0.29) is 12.2 Å². The fourth-order valence-electron chi connectivity index (χ4n) is 1.01. The van der Waals surface area contributed by atoms with Crippen molar-refractivity contribution in [3.8, 4) is 0 Å². The zero-order chi connectivity index (χ0) is 9.14. The van der Waals surface area contributed by atoms with Gasteiger partial charge in [-0.25, -0.2) is 0 Å². The van der Waals surface area contributed by atoms with Crippen molar-refractivity contribution in [2.24, 2.45) is 0 Å². The van der Waals surface area contributed by atoms with Gasteiger partial charge in [0.2, 0.25) is 0 Å². The molecule has 0 saturated carbocycles. The number of ketones is 1. The molecule has 66 valence electrons. The van der Waals surface area contributed by atoms with Gasteiger partial charge in [-0.15, -0.1) is 0 Å². The van der Waals surface area contributed by atoms with Crippen LogP contribution in [0.4, 0.5) is 0 Å². The molecule has 0 fully saturated rings. The van der Waals surface area contributed by atoms with Crippen molar-refractivity contribution < 1.29 is 19.4 Å². The first-order valence-corrected chi connectivity index (χ1v) is 3.76. The van der Waals surface area contributed by atoms with Gasteiger partial charge in [0.05, 0.1) is 6.42 Å². The van der Waals surface area contributed by atoms with Gasteiger partial charge in [-0.2, -0.15) is 0 Å². The van der Waals surface area contributed by atoms with E-state index in [1.54, 1.807) is 0 Å². The summed E-state index contributed by atoms with van der Waals surface area (Å²) in [5.74, 6) is -0.681. The van der Waals surface area contributed by atoms with Crippen molar-refractivity contribution in [1.82, 2.24) is 0 Å². The number of carbonyl (C=O) groups excluding carboxylic acids is 1. The Kier molecular flexibility index (Phi) is 2.47. The molecule has 0 aromatic carbocycles. The second kappa shape index (κ2) is 3.38. The lowest BCUT2D eigenvalue weighted by molar-refractivity contribution is -0.141. The van der Waals surface area contributed by atoms with Gasteiger partial charge in [0, 0.05) is 12.5 Å². The van der Waals surface area contributed by atoms with Crippen molar-refractivity contribution >= 4 is 11.8 Å². The molecule has 0 amide bonds. The van der Waals surface area contributed by atoms with Crippen LogP contribution >= 0.6 is 0 Å². The molecule has 4 nitrogen and oxygen atoms in total. The minimum Gasteiger partial charge on any atom is -0.486 e. The summed E-state index contributed by atoms with van der Waals surface area (Å²) in [5.41, 5.74) is 0. The zero-order valence-electron chi connectivity index (χ0n) is 6.74. The number of aliphatic carboxylic acids is 1. The Labute approximate surface area is 69.8 Å². The molecule has 1 unspecified atom stereocenters. The van der Waals surface area contributed by atoms with Gasteiger partial charge >= 0.3 is 5.97 Å². The summed E-state index contributed by atoms with van der Waals surface area (Å²) in [6.07, 6.45) is 0.950. The predicted molar refractivity (Wildman–Crippen MR) is 40.5 cm³/mol. The topological polar surface area (TPSA) is 63.6 Å². The SMILES string of the molecule is CCC1=CC(=O)C(CC(=O)O)O1. The lowest BCUT2D eigenvalue weighted by Crippen LogP contribution is -2.20. The summed E-state index contributed by atoms with van der Waals surface area (Å²) in [7, 11) is 0. The highest BCUT2D eigenvalue weighted by atomic mass is 16.5. The molecular weight excluding hydrogens is 160 g/mol. The largest absolute Gasteiger partial charge is 0.486 e. The highest BCUT2D eigenvalue weighted by Crippen LogP contribution is 2.18. The Hall–Kier alpha value is -1.32. The number of ether oxygens (including phenoxy) is 1. The molecule has 0 saturated heterocycles. The Morgan fingerprint density at radius 1 is 1.75 bits per heavy atom. The Morgan fingerprint density at radius 3 is 2.83 bits per heavy atom. The van der Waals surface area contributed by atoms with Crippen LogP contribution in [-0.2, 0) is 14.3 Å². The maximum atomic E-state index is 11.0. The van der Waals surface area contributed by atoms with E-state index in [9.17, 15) is 9.59 Å². The van der Waals surface area contributed by atoms with Crippen LogP contribution < -0.4 is 0 Å². The number of carboxylic acids is 1. The number of rotatable bonds is 3. The van der Waals surface area contributed by atoms with Crippen LogP contribution in [0.1, 0.15) is 19.8 Å². The van der Waals surface area contributed by atoms with Gasteiger partial charge in [0.1, 0.15) is 5.76 Å². The first-order chi connectivity index (χ1) is 5.63. The van der Waals surface area contributed by atoms with Crippen LogP contribution in [0.5, 0.6) is 0 Å². The highest BCUT2D eigenvalue weighted by molar-refractivity contribution is 5.97. The fourth-order valence-corrected chi connectivity index (χ4v) is 1.01. The van der Waals surface area contributed by atoms with Crippen molar-refractivity contribution in [1.29, 1.82) is 0 Å². The minimum atomic E-state index is -1.01. The molecule has 1 N–H and O–H groups in total. The van der Waals surface area contributed by atoms with Crippen LogP contribution in [0.3, 0.4) is 0 Å². The summed E-state index contributed by atoms with van der Waals surface area (Å²) in [6.45, 7) is 1.85. The van der Waals surface area contributed by atoms with Gasteiger partial charge in [0.25, 0.3) is 0 Å². The van der Waals surface area contributed by atoms with E-state index in [4.69, 9.17) is 9.84 Å². The molecule has 4 heteroatoms. The van der Waals surface area contributed by atoms with Gasteiger partial charge in [0.15, 0.2) is 11.9 Å².